The topological polar surface area (TPSA) is 36.1 Å². The van der Waals surface area contributed by atoms with E-state index in [1.54, 1.807) is 12.3 Å². The predicted molar refractivity (Wildman–Crippen MR) is 41.4 cm³/mol. The second kappa shape index (κ2) is 2.56. The summed E-state index contributed by atoms with van der Waals surface area (Å²) < 4.78 is 0. The molecule has 0 spiro atoms. The lowest BCUT2D eigenvalue weighted by Crippen LogP contribution is -2.12. The van der Waals surface area contributed by atoms with E-state index in [1.807, 2.05) is 25.1 Å². The number of aromatic amines is 1. The zero-order chi connectivity index (χ0) is 7.56. The minimum absolute atomic E-state index is 0.0637. The molecule has 3 nitrogen and oxygen atoms in total. The van der Waals surface area contributed by atoms with Crippen LogP contribution in [0.5, 0.6) is 0 Å². The highest BCUT2D eigenvalue weighted by Crippen LogP contribution is 2.03. The Morgan fingerprint density at radius 2 is 2.20 bits per heavy atom. The fourth-order valence-corrected chi connectivity index (χ4v) is 0.711. The van der Waals surface area contributed by atoms with Crippen LogP contribution in [0.1, 0.15) is 0 Å². The molecular weight excluding hydrogens is 128 g/mol. The second-order valence-electron chi connectivity index (χ2n) is 2.31. The predicted octanol–water partition coefficient (Wildman–Crippen LogP) is 0.441. The van der Waals surface area contributed by atoms with Gasteiger partial charge in [-0.2, -0.15) is 0 Å². The number of pyridine rings is 1. The van der Waals surface area contributed by atoms with E-state index in [9.17, 15) is 4.79 Å². The summed E-state index contributed by atoms with van der Waals surface area (Å²) in [6.45, 7) is 0. The number of hydrogen-bond donors (Lipinski definition) is 1. The van der Waals surface area contributed by atoms with Crippen LogP contribution in [0.25, 0.3) is 0 Å². The van der Waals surface area contributed by atoms with E-state index in [0.29, 0.717) is 0 Å². The largest absolute Gasteiger partial charge is 0.377 e. The average molecular weight is 138 g/mol. The summed E-state index contributed by atoms with van der Waals surface area (Å²) in [5.74, 6) is 0. The summed E-state index contributed by atoms with van der Waals surface area (Å²) >= 11 is 0. The molecule has 1 aromatic rings. The van der Waals surface area contributed by atoms with E-state index in [-0.39, 0.29) is 5.56 Å². The third-order valence-electron chi connectivity index (χ3n) is 1.28. The van der Waals surface area contributed by atoms with Crippen molar-refractivity contribution < 1.29 is 0 Å². The molecule has 0 saturated heterocycles. The molecule has 0 fully saturated rings. The molecule has 1 N–H and O–H groups in total. The maximum atomic E-state index is 10.7. The molecule has 1 rings (SSSR count). The molecule has 0 aliphatic carbocycles. The van der Waals surface area contributed by atoms with Crippen molar-refractivity contribution in [1.29, 1.82) is 0 Å². The highest BCUT2D eigenvalue weighted by molar-refractivity contribution is 5.42. The Morgan fingerprint density at radius 1 is 1.50 bits per heavy atom. The molecule has 1 heterocycles. The van der Waals surface area contributed by atoms with Crippen molar-refractivity contribution in [2.24, 2.45) is 0 Å². The van der Waals surface area contributed by atoms with Gasteiger partial charge in [-0.3, -0.25) is 4.79 Å². The Balaban J connectivity index is 3.07. The van der Waals surface area contributed by atoms with Gasteiger partial charge in [0.25, 0.3) is 0 Å². The lowest BCUT2D eigenvalue weighted by atomic mass is 10.4. The summed E-state index contributed by atoms with van der Waals surface area (Å²) in [6, 6.07) is 3.40. The quantitative estimate of drug-likeness (QED) is 0.611. The maximum absolute atomic E-state index is 10.7. The fourth-order valence-electron chi connectivity index (χ4n) is 0.711. The van der Waals surface area contributed by atoms with E-state index in [2.05, 4.69) is 4.98 Å². The molecule has 0 atom stereocenters. The monoisotopic (exact) mass is 138 g/mol. The summed E-state index contributed by atoms with van der Waals surface area (Å²) in [6.07, 6.45) is 1.64. The Kier molecular flexibility index (Phi) is 1.76. The van der Waals surface area contributed by atoms with Crippen LogP contribution in [-0.2, 0) is 0 Å². The Morgan fingerprint density at radius 3 is 2.60 bits per heavy atom. The van der Waals surface area contributed by atoms with Crippen LogP contribution < -0.4 is 10.5 Å². The molecule has 0 amide bonds. The highest BCUT2D eigenvalue weighted by Gasteiger charge is 1.92. The van der Waals surface area contributed by atoms with Crippen molar-refractivity contribution in [3.63, 3.8) is 0 Å². The SMILES string of the molecule is CN(C)c1cc[nH]c(=O)c1. The molecule has 0 saturated carbocycles. The molecule has 0 aliphatic heterocycles. The molecule has 3 heteroatoms. The zero-order valence-electron chi connectivity index (χ0n) is 6.09. The minimum atomic E-state index is -0.0637. The number of hydrogen-bond acceptors (Lipinski definition) is 2. The van der Waals surface area contributed by atoms with Crippen molar-refractivity contribution in [3.8, 4) is 0 Å². The van der Waals surface area contributed by atoms with Crippen molar-refractivity contribution in [1.82, 2.24) is 4.98 Å². The van der Waals surface area contributed by atoms with E-state index < -0.39 is 0 Å². The number of aromatic nitrogens is 1. The van der Waals surface area contributed by atoms with Gasteiger partial charge < -0.3 is 9.88 Å². The standard InChI is InChI=1S/C7H10N2O/c1-9(2)6-3-4-8-7(10)5-6/h3-5H,1-2H3,(H,8,10). The van der Waals surface area contributed by atoms with Crippen molar-refractivity contribution in [3.05, 3.63) is 28.7 Å². The molecule has 0 aromatic carbocycles. The number of nitrogens with zero attached hydrogens (tertiary/aromatic N) is 1. The van der Waals surface area contributed by atoms with Crippen LogP contribution in [0.3, 0.4) is 0 Å². The van der Waals surface area contributed by atoms with E-state index in [1.165, 1.54) is 0 Å². The molecule has 1 aromatic heterocycles. The zero-order valence-corrected chi connectivity index (χ0v) is 6.09. The number of H-pyrrole nitrogens is 1. The van der Waals surface area contributed by atoms with Crippen molar-refractivity contribution in [2.45, 2.75) is 0 Å². The van der Waals surface area contributed by atoms with Crippen LogP contribution >= 0.6 is 0 Å². The highest BCUT2D eigenvalue weighted by atomic mass is 16.1. The summed E-state index contributed by atoms with van der Waals surface area (Å²) in [5.41, 5.74) is 0.856. The van der Waals surface area contributed by atoms with Crippen LogP contribution in [-0.4, -0.2) is 19.1 Å². The normalized spacial score (nSPS) is 9.40. The molecule has 0 aliphatic rings. The van der Waals surface area contributed by atoms with Gasteiger partial charge in [-0.05, 0) is 6.07 Å². The van der Waals surface area contributed by atoms with Gasteiger partial charge >= 0.3 is 0 Å². The molecular formula is C7H10N2O. The van der Waals surface area contributed by atoms with Crippen LogP contribution in [0.15, 0.2) is 23.1 Å². The lowest BCUT2D eigenvalue weighted by molar-refractivity contribution is 1.11. The van der Waals surface area contributed by atoms with E-state index in [0.717, 1.165) is 5.69 Å². The van der Waals surface area contributed by atoms with E-state index >= 15 is 0 Å². The molecule has 10 heavy (non-hydrogen) atoms. The first-order valence-corrected chi connectivity index (χ1v) is 3.06. The molecule has 54 valence electrons. The fraction of sp³-hybridized carbons (Fsp3) is 0.286. The molecule has 0 unspecified atom stereocenters. The first kappa shape index (κ1) is 6.86. The van der Waals surface area contributed by atoms with Gasteiger partial charge in [0.15, 0.2) is 0 Å². The first-order chi connectivity index (χ1) is 4.70. The van der Waals surface area contributed by atoms with E-state index in [4.69, 9.17) is 0 Å². The lowest BCUT2D eigenvalue weighted by Gasteiger charge is -2.09. The van der Waals surface area contributed by atoms with Gasteiger partial charge in [0, 0.05) is 32.0 Å². The van der Waals surface area contributed by atoms with Gasteiger partial charge in [0.2, 0.25) is 5.56 Å². The van der Waals surface area contributed by atoms with Crippen LogP contribution in [0, 0.1) is 0 Å². The number of rotatable bonds is 1. The van der Waals surface area contributed by atoms with Crippen molar-refractivity contribution >= 4 is 5.69 Å². The number of nitrogens with one attached hydrogen (secondary N) is 1. The third-order valence-corrected chi connectivity index (χ3v) is 1.28. The Bertz CT molecular complexity index is 264. The summed E-state index contributed by atoms with van der Waals surface area (Å²) in [5, 5.41) is 0. The first-order valence-electron chi connectivity index (χ1n) is 3.06. The molecule has 0 radical (unpaired) electrons. The Labute approximate surface area is 59.3 Å². The Hall–Kier alpha value is -1.25. The minimum Gasteiger partial charge on any atom is -0.377 e. The average Bonchev–Trinajstić information content (AvgIpc) is 1.88. The van der Waals surface area contributed by atoms with Gasteiger partial charge in [-0.15, -0.1) is 0 Å². The third kappa shape index (κ3) is 1.37. The van der Waals surface area contributed by atoms with Gasteiger partial charge in [0.05, 0.1) is 0 Å². The van der Waals surface area contributed by atoms with Gasteiger partial charge in [-0.1, -0.05) is 0 Å². The molecule has 0 bridgehead atoms. The summed E-state index contributed by atoms with van der Waals surface area (Å²) in [4.78, 5) is 15.1. The van der Waals surface area contributed by atoms with Gasteiger partial charge in [0.1, 0.15) is 0 Å². The maximum Gasteiger partial charge on any atom is 0.249 e. The van der Waals surface area contributed by atoms with Crippen molar-refractivity contribution in [2.75, 3.05) is 19.0 Å². The van der Waals surface area contributed by atoms with Gasteiger partial charge in [-0.25, -0.2) is 0 Å². The number of anilines is 1. The second-order valence-corrected chi connectivity index (χ2v) is 2.31. The summed E-state index contributed by atoms with van der Waals surface area (Å²) in [7, 11) is 3.80. The van der Waals surface area contributed by atoms with Crippen LogP contribution in [0.2, 0.25) is 0 Å². The van der Waals surface area contributed by atoms with Crippen LogP contribution in [0.4, 0.5) is 5.69 Å². The smallest absolute Gasteiger partial charge is 0.249 e.